The Kier molecular flexibility index (Phi) is 6.91. The first-order valence-electron chi connectivity index (χ1n) is 7.67. The van der Waals surface area contributed by atoms with E-state index in [1.165, 1.54) is 0 Å². The summed E-state index contributed by atoms with van der Waals surface area (Å²) >= 11 is 6.26. The lowest BCUT2D eigenvalue weighted by molar-refractivity contribution is -0.123. The second kappa shape index (κ2) is 8.92. The van der Waals surface area contributed by atoms with E-state index in [1.807, 2.05) is 42.5 Å². The number of carbonyl (C=O) groups is 1. The van der Waals surface area contributed by atoms with Gasteiger partial charge in [-0.15, -0.1) is 12.4 Å². The first-order chi connectivity index (χ1) is 11.2. The van der Waals surface area contributed by atoms with Crippen molar-refractivity contribution in [3.05, 3.63) is 53.6 Å². The zero-order valence-electron chi connectivity index (χ0n) is 13.1. The smallest absolute Gasteiger partial charge is 0.257 e. The fourth-order valence-corrected chi connectivity index (χ4v) is 2.61. The first kappa shape index (κ1) is 18.6. The number of amides is 1. The maximum absolute atomic E-state index is 11.8. The standard InChI is InChI=1S/C18H19ClN2O2.ClH/c19-16-8-15(14-4-2-1-3-5-14)6-7-17(16)23-12-18(22)21-11-13-9-20-10-13;/h1-8,13,20H,9-12H2,(H,21,22);1H. The lowest BCUT2D eigenvalue weighted by Crippen LogP contribution is -2.48. The van der Waals surface area contributed by atoms with Crippen molar-refractivity contribution in [1.82, 2.24) is 10.6 Å². The molecule has 2 aromatic rings. The molecule has 0 spiro atoms. The molecule has 0 unspecified atom stereocenters. The summed E-state index contributed by atoms with van der Waals surface area (Å²) in [7, 11) is 0. The molecule has 1 saturated heterocycles. The van der Waals surface area contributed by atoms with Gasteiger partial charge >= 0.3 is 0 Å². The molecule has 1 aliphatic rings. The molecule has 2 N–H and O–H groups in total. The normalized spacial score (nSPS) is 13.5. The lowest BCUT2D eigenvalue weighted by Gasteiger charge is -2.27. The SMILES string of the molecule is Cl.O=C(COc1ccc(-c2ccccc2)cc1Cl)NCC1CNC1. The molecule has 1 fully saturated rings. The third-order valence-electron chi connectivity index (χ3n) is 3.85. The fraction of sp³-hybridized carbons (Fsp3) is 0.278. The highest BCUT2D eigenvalue weighted by Crippen LogP contribution is 2.30. The Labute approximate surface area is 153 Å². The van der Waals surface area contributed by atoms with E-state index in [1.54, 1.807) is 6.07 Å². The van der Waals surface area contributed by atoms with Gasteiger partial charge in [0.1, 0.15) is 5.75 Å². The van der Waals surface area contributed by atoms with Crippen LogP contribution in [0, 0.1) is 5.92 Å². The predicted octanol–water partition coefficient (Wildman–Crippen LogP) is 3.14. The summed E-state index contributed by atoms with van der Waals surface area (Å²) in [5, 5.41) is 6.54. The van der Waals surface area contributed by atoms with Crippen molar-refractivity contribution < 1.29 is 9.53 Å². The van der Waals surface area contributed by atoms with Crippen molar-refractivity contribution in [3.8, 4) is 16.9 Å². The van der Waals surface area contributed by atoms with Gasteiger partial charge in [0.25, 0.3) is 5.91 Å². The minimum Gasteiger partial charge on any atom is -0.482 e. The average Bonchev–Trinajstić information content (AvgIpc) is 2.53. The van der Waals surface area contributed by atoms with Gasteiger partial charge in [-0.3, -0.25) is 4.79 Å². The summed E-state index contributed by atoms with van der Waals surface area (Å²) in [6.07, 6.45) is 0. The van der Waals surface area contributed by atoms with Crippen LogP contribution in [0.25, 0.3) is 11.1 Å². The summed E-state index contributed by atoms with van der Waals surface area (Å²) in [5.74, 6) is 0.930. The van der Waals surface area contributed by atoms with Crippen molar-refractivity contribution in [2.45, 2.75) is 0 Å². The summed E-state index contributed by atoms with van der Waals surface area (Å²) in [6.45, 7) is 2.60. The maximum Gasteiger partial charge on any atom is 0.257 e. The highest BCUT2D eigenvalue weighted by molar-refractivity contribution is 6.32. The van der Waals surface area contributed by atoms with Gasteiger partial charge in [-0.2, -0.15) is 0 Å². The van der Waals surface area contributed by atoms with E-state index < -0.39 is 0 Å². The van der Waals surface area contributed by atoms with Crippen LogP contribution < -0.4 is 15.4 Å². The average molecular weight is 367 g/mol. The van der Waals surface area contributed by atoms with Gasteiger partial charge in [-0.05, 0) is 23.3 Å². The van der Waals surface area contributed by atoms with Gasteiger partial charge in [0.2, 0.25) is 0 Å². The molecule has 2 aromatic carbocycles. The summed E-state index contributed by atoms with van der Waals surface area (Å²) in [4.78, 5) is 11.8. The molecule has 0 bridgehead atoms. The second-order valence-corrected chi connectivity index (χ2v) is 6.04. The molecule has 1 heterocycles. The number of benzene rings is 2. The van der Waals surface area contributed by atoms with Crippen LogP contribution in [0.3, 0.4) is 0 Å². The number of nitrogens with one attached hydrogen (secondary N) is 2. The minimum atomic E-state index is -0.125. The van der Waals surface area contributed by atoms with Crippen LogP contribution in [0.15, 0.2) is 48.5 Å². The van der Waals surface area contributed by atoms with Gasteiger partial charge in [0.05, 0.1) is 5.02 Å². The third kappa shape index (κ3) is 4.87. The van der Waals surface area contributed by atoms with Crippen LogP contribution >= 0.6 is 24.0 Å². The molecule has 0 aliphatic carbocycles. The molecule has 0 saturated carbocycles. The van der Waals surface area contributed by atoms with E-state index in [4.69, 9.17) is 16.3 Å². The van der Waals surface area contributed by atoms with Gasteiger partial charge in [-0.25, -0.2) is 0 Å². The van der Waals surface area contributed by atoms with Crippen molar-refractivity contribution in [3.63, 3.8) is 0 Å². The van der Waals surface area contributed by atoms with Crippen molar-refractivity contribution >= 4 is 29.9 Å². The van der Waals surface area contributed by atoms with Crippen molar-refractivity contribution in [2.75, 3.05) is 26.2 Å². The molecule has 1 aliphatic heterocycles. The van der Waals surface area contributed by atoms with Gasteiger partial charge in [-0.1, -0.05) is 48.0 Å². The molecule has 24 heavy (non-hydrogen) atoms. The maximum atomic E-state index is 11.8. The molecule has 0 radical (unpaired) electrons. The van der Waals surface area contributed by atoms with Gasteiger partial charge < -0.3 is 15.4 Å². The van der Waals surface area contributed by atoms with E-state index >= 15 is 0 Å². The van der Waals surface area contributed by atoms with Crippen molar-refractivity contribution in [1.29, 1.82) is 0 Å². The number of halogens is 2. The van der Waals surface area contributed by atoms with E-state index in [-0.39, 0.29) is 24.9 Å². The number of carbonyl (C=O) groups excluding carboxylic acids is 1. The Hall–Kier alpha value is -1.75. The molecule has 3 rings (SSSR count). The Bertz CT molecular complexity index is 676. The van der Waals surface area contributed by atoms with Crippen LogP contribution in [-0.4, -0.2) is 32.1 Å². The number of rotatable bonds is 6. The predicted molar refractivity (Wildman–Crippen MR) is 99.0 cm³/mol. The van der Waals surface area contributed by atoms with Crippen LogP contribution in [-0.2, 0) is 4.79 Å². The Balaban J connectivity index is 0.00000208. The Morgan fingerprint density at radius 1 is 1.17 bits per heavy atom. The van der Waals surface area contributed by atoms with Crippen LogP contribution in [0.2, 0.25) is 5.02 Å². The molecule has 128 valence electrons. The quantitative estimate of drug-likeness (QED) is 0.825. The van der Waals surface area contributed by atoms with Crippen LogP contribution in [0.1, 0.15) is 0 Å². The summed E-state index contributed by atoms with van der Waals surface area (Å²) in [5.41, 5.74) is 2.11. The van der Waals surface area contributed by atoms with Gasteiger partial charge in [0, 0.05) is 25.6 Å². The minimum absolute atomic E-state index is 0. The molecule has 0 aromatic heterocycles. The van der Waals surface area contributed by atoms with Crippen LogP contribution in [0.4, 0.5) is 0 Å². The summed E-state index contributed by atoms with van der Waals surface area (Å²) < 4.78 is 5.51. The van der Waals surface area contributed by atoms with Crippen molar-refractivity contribution in [2.24, 2.45) is 5.92 Å². The largest absolute Gasteiger partial charge is 0.482 e. The fourth-order valence-electron chi connectivity index (χ4n) is 2.37. The second-order valence-electron chi connectivity index (χ2n) is 5.63. The monoisotopic (exact) mass is 366 g/mol. The van der Waals surface area contributed by atoms with Crippen LogP contribution in [0.5, 0.6) is 5.75 Å². The number of ether oxygens (including phenoxy) is 1. The molecular weight excluding hydrogens is 347 g/mol. The van der Waals surface area contributed by atoms with E-state index in [0.717, 1.165) is 24.2 Å². The number of hydrogen-bond donors (Lipinski definition) is 2. The molecule has 0 atom stereocenters. The molecular formula is C18H20Cl2N2O2. The van der Waals surface area contributed by atoms with E-state index in [2.05, 4.69) is 10.6 Å². The lowest BCUT2D eigenvalue weighted by atomic mass is 10.0. The third-order valence-corrected chi connectivity index (χ3v) is 4.15. The Morgan fingerprint density at radius 2 is 1.92 bits per heavy atom. The molecule has 1 amide bonds. The van der Waals surface area contributed by atoms with E-state index in [9.17, 15) is 4.79 Å². The number of hydrogen-bond acceptors (Lipinski definition) is 3. The van der Waals surface area contributed by atoms with E-state index in [0.29, 0.717) is 23.2 Å². The highest BCUT2D eigenvalue weighted by atomic mass is 35.5. The zero-order valence-corrected chi connectivity index (χ0v) is 14.7. The molecule has 6 heteroatoms. The zero-order chi connectivity index (χ0) is 16.1. The topological polar surface area (TPSA) is 50.4 Å². The highest BCUT2D eigenvalue weighted by Gasteiger charge is 2.17. The Morgan fingerprint density at radius 3 is 2.54 bits per heavy atom. The molecule has 4 nitrogen and oxygen atoms in total. The first-order valence-corrected chi connectivity index (χ1v) is 8.05. The summed E-state index contributed by atoms with van der Waals surface area (Å²) in [6, 6.07) is 15.6. The van der Waals surface area contributed by atoms with Gasteiger partial charge in [0.15, 0.2) is 6.61 Å².